The van der Waals surface area contributed by atoms with E-state index in [9.17, 15) is 4.79 Å². The Bertz CT molecular complexity index is 540. The van der Waals surface area contributed by atoms with Crippen molar-refractivity contribution in [3.05, 3.63) is 65.2 Å². The largest absolute Gasteiger partial charge is 0.484 e. The molecular formula is C16H16ClNO2. The van der Waals surface area contributed by atoms with E-state index >= 15 is 0 Å². The minimum absolute atomic E-state index is 0.0324. The molecule has 0 radical (unpaired) electrons. The van der Waals surface area contributed by atoms with Crippen LogP contribution in [0.5, 0.6) is 5.75 Å². The molecule has 0 aliphatic rings. The van der Waals surface area contributed by atoms with Crippen molar-refractivity contribution in [2.24, 2.45) is 0 Å². The highest BCUT2D eigenvalue weighted by Gasteiger charge is 2.02. The molecule has 2 aromatic rings. The summed E-state index contributed by atoms with van der Waals surface area (Å²) in [6, 6.07) is 16.9. The zero-order valence-electron chi connectivity index (χ0n) is 11.0. The SMILES string of the molecule is O=C(COc1ccccc1)NCCc1ccc(Cl)cc1. The maximum absolute atomic E-state index is 11.6. The molecule has 0 fully saturated rings. The number of rotatable bonds is 6. The predicted octanol–water partition coefficient (Wildman–Crippen LogP) is 3.08. The van der Waals surface area contributed by atoms with Crippen molar-refractivity contribution in [1.29, 1.82) is 0 Å². The maximum Gasteiger partial charge on any atom is 0.257 e. The first-order valence-electron chi connectivity index (χ1n) is 6.43. The molecule has 0 spiro atoms. The number of para-hydroxylation sites is 1. The molecule has 1 amide bonds. The number of ether oxygens (including phenoxy) is 1. The van der Waals surface area contributed by atoms with Crippen molar-refractivity contribution < 1.29 is 9.53 Å². The van der Waals surface area contributed by atoms with E-state index in [0.29, 0.717) is 17.3 Å². The smallest absolute Gasteiger partial charge is 0.257 e. The lowest BCUT2D eigenvalue weighted by molar-refractivity contribution is -0.123. The monoisotopic (exact) mass is 289 g/mol. The number of benzene rings is 2. The zero-order valence-corrected chi connectivity index (χ0v) is 11.8. The van der Waals surface area contributed by atoms with Gasteiger partial charge in [-0.05, 0) is 36.2 Å². The van der Waals surface area contributed by atoms with Crippen LogP contribution in [0.4, 0.5) is 0 Å². The molecule has 0 saturated heterocycles. The summed E-state index contributed by atoms with van der Waals surface area (Å²) in [6.45, 7) is 0.614. The van der Waals surface area contributed by atoms with E-state index in [-0.39, 0.29) is 12.5 Å². The fourth-order valence-corrected chi connectivity index (χ4v) is 1.84. The first-order chi connectivity index (χ1) is 9.74. The van der Waals surface area contributed by atoms with Gasteiger partial charge < -0.3 is 10.1 Å². The first kappa shape index (κ1) is 14.4. The second-order valence-corrected chi connectivity index (χ2v) is 4.76. The number of halogens is 1. The number of amides is 1. The number of carbonyl (C=O) groups is 1. The Labute approximate surface area is 123 Å². The lowest BCUT2D eigenvalue weighted by Crippen LogP contribution is -2.30. The average molecular weight is 290 g/mol. The molecule has 20 heavy (non-hydrogen) atoms. The van der Waals surface area contributed by atoms with Crippen LogP contribution in [-0.2, 0) is 11.2 Å². The van der Waals surface area contributed by atoms with Crippen LogP contribution in [0.15, 0.2) is 54.6 Å². The number of hydrogen-bond donors (Lipinski definition) is 1. The highest BCUT2D eigenvalue weighted by atomic mass is 35.5. The van der Waals surface area contributed by atoms with Gasteiger partial charge >= 0.3 is 0 Å². The van der Waals surface area contributed by atoms with E-state index in [2.05, 4.69) is 5.32 Å². The molecule has 0 aromatic heterocycles. The molecule has 0 unspecified atom stereocenters. The van der Waals surface area contributed by atoms with Crippen LogP contribution in [0.25, 0.3) is 0 Å². The third-order valence-electron chi connectivity index (χ3n) is 2.76. The van der Waals surface area contributed by atoms with Crippen molar-refractivity contribution in [1.82, 2.24) is 5.32 Å². The average Bonchev–Trinajstić information content (AvgIpc) is 2.48. The topological polar surface area (TPSA) is 38.3 Å². The molecule has 2 aromatic carbocycles. The third kappa shape index (κ3) is 4.94. The molecule has 3 nitrogen and oxygen atoms in total. The van der Waals surface area contributed by atoms with Gasteiger partial charge in [-0.2, -0.15) is 0 Å². The van der Waals surface area contributed by atoms with Gasteiger partial charge in [0.15, 0.2) is 6.61 Å². The summed E-state index contributed by atoms with van der Waals surface area (Å²) in [7, 11) is 0. The second kappa shape index (κ2) is 7.56. The van der Waals surface area contributed by atoms with Crippen LogP contribution < -0.4 is 10.1 Å². The molecule has 0 heterocycles. The fraction of sp³-hybridized carbons (Fsp3) is 0.188. The van der Waals surface area contributed by atoms with Crippen molar-refractivity contribution in [3.63, 3.8) is 0 Å². The predicted molar refractivity (Wildman–Crippen MR) is 80.1 cm³/mol. The van der Waals surface area contributed by atoms with Gasteiger partial charge in [0.1, 0.15) is 5.75 Å². The molecule has 1 N–H and O–H groups in total. The summed E-state index contributed by atoms with van der Waals surface area (Å²) in [4.78, 5) is 11.6. The molecule has 0 bridgehead atoms. The van der Waals surface area contributed by atoms with E-state index in [4.69, 9.17) is 16.3 Å². The highest BCUT2D eigenvalue weighted by Crippen LogP contribution is 2.09. The van der Waals surface area contributed by atoms with Crippen molar-refractivity contribution >= 4 is 17.5 Å². The van der Waals surface area contributed by atoms with Crippen molar-refractivity contribution in [2.75, 3.05) is 13.2 Å². The van der Waals surface area contributed by atoms with Crippen LogP contribution in [-0.4, -0.2) is 19.1 Å². The van der Waals surface area contributed by atoms with E-state index in [1.165, 1.54) is 0 Å². The van der Waals surface area contributed by atoms with E-state index in [1.54, 1.807) is 0 Å². The molecule has 4 heteroatoms. The molecule has 0 saturated carbocycles. The Morgan fingerprint density at radius 1 is 1.05 bits per heavy atom. The normalized spacial score (nSPS) is 10.1. The quantitative estimate of drug-likeness (QED) is 0.887. The lowest BCUT2D eigenvalue weighted by Gasteiger charge is -2.07. The van der Waals surface area contributed by atoms with Gasteiger partial charge in [0.25, 0.3) is 5.91 Å². The Balaban J connectivity index is 1.66. The van der Waals surface area contributed by atoms with Gasteiger partial charge in [-0.1, -0.05) is 41.9 Å². The van der Waals surface area contributed by atoms with Gasteiger partial charge in [-0.25, -0.2) is 0 Å². The van der Waals surface area contributed by atoms with Crippen LogP contribution in [0.3, 0.4) is 0 Å². The van der Waals surface area contributed by atoms with Gasteiger partial charge in [0.05, 0.1) is 0 Å². The van der Waals surface area contributed by atoms with Crippen molar-refractivity contribution in [2.45, 2.75) is 6.42 Å². The fourth-order valence-electron chi connectivity index (χ4n) is 1.71. The number of hydrogen-bond acceptors (Lipinski definition) is 2. The minimum atomic E-state index is -0.122. The van der Waals surface area contributed by atoms with Gasteiger partial charge in [-0.3, -0.25) is 4.79 Å². The van der Waals surface area contributed by atoms with Crippen molar-refractivity contribution in [3.8, 4) is 5.75 Å². The maximum atomic E-state index is 11.6. The van der Waals surface area contributed by atoms with Crippen LogP contribution >= 0.6 is 11.6 Å². The van der Waals surface area contributed by atoms with Crippen LogP contribution in [0, 0.1) is 0 Å². The summed E-state index contributed by atoms with van der Waals surface area (Å²) in [5.74, 6) is 0.572. The summed E-state index contributed by atoms with van der Waals surface area (Å²) < 4.78 is 5.36. The Kier molecular flexibility index (Phi) is 5.44. The molecule has 104 valence electrons. The molecule has 0 aliphatic carbocycles. The Morgan fingerprint density at radius 2 is 1.75 bits per heavy atom. The second-order valence-electron chi connectivity index (χ2n) is 4.33. The molecule has 0 aliphatic heterocycles. The van der Waals surface area contributed by atoms with Gasteiger partial charge in [0, 0.05) is 11.6 Å². The molecular weight excluding hydrogens is 274 g/mol. The number of carbonyl (C=O) groups excluding carboxylic acids is 1. The van der Waals surface area contributed by atoms with Crippen LogP contribution in [0.1, 0.15) is 5.56 Å². The number of nitrogens with one attached hydrogen (secondary N) is 1. The third-order valence-corrected chi connectivity index (χ3v) is 3.01. The lowest BCUT2D eigenvalue weighted by atomic mass is 10.1. The van der Waals surface area contributed by atoms with E-state index in [1.807, 2.05) is 54.6 Å². The summed E-state index contributed by atoms with van der Waals surface area (Å²) in [6.07, 6.45) is 0.772. The summed E-state index contributed by atoms with van der Waals surface area (Å²) >= 11 is 5.81. The molecule has 2 rings (SSSR count). The first-order valence-corrected chi connectivity index (χ1v) is 6.81. The summed E-state index contributed by atoms with van der Waals surface area (Å²) in [5.41, 5.74) is 1.14. The highest BCUT2D eigenvalue weighted by molar-refractivity contribution is 6.30. The standard InChI is InChI=1S/C16H16ClNO2/c17-14-8-6-13(7-9-14)10-11-18-16(19)12-20-15-4-2-1-3-5-15/h1-9H,10-12H2,(H,18,19). The van der Waals surface area contributed by atoms with E-state index < -0.39 is 0 Å². The Morgan fingerprint density at radius 3 is 2.45 bits per heavy atom. The van der Waals surface area contributed by atoms with Gasteiger partial charge in [-0.15, -0.1) is 0 Å². The molecule has 0 atom stereocenters. The van der Waals surface area contributed by atoms with Crippen LogP contribution in [0.2, 0.25) is 5.02 Å². The van der Waals surface area contributed by atoms with Gasteiger partial charge in [0.2, 0.25) is 0 Å². The zero-order chi connectivity index (χ0) is 14.2. The summed E-state index contributed by atoms with van der Waals surface area (Å²) in [5, 5.41) is 3.54. The Hall–Kier alpha value is -2.00. The van der Waals surface area contributed by atoms with E-state index in [0.717, 1.165) is 12.0 Å². The minimum Gasteiger partial charge on any atom is -0.484 e.